The van der Waals surface area contributed by atoms with Crippen molar-refractivity contribution >= 4 is 23.6 Å². The van der Waals surface area contributed by atoms with Gasteiger partial charge in [0.05, 0.1) is 19.2 Å². The molecule has 0 aliphatic rings. The first-order chi connectivity index (χ1) is 13.1. The second-order valence-electron chi connectivity index (χ2n) is 5.20. The third-order valence-corrected chi connectivity index (χ3v) is 3.77. The number of rotatable bonds is 8. The zero-order chi connectivity index (χ0) is 19.6. The molecule has 140 valence electrons. The molecule has 0 atom stereocenters. The molecule has 0 aromatic heterocycles. The normalized spacial score (nSPS) is 10.7. The highest BCUT2D eigenvalue weighted by atomic mass is 35.5. The Balaban J connectivity index is 2.02. The first kappa shape index (κ1) is 20.1. The zero-order valence-electron chi connectivity index (χ0n) is 14.9. The topological polar surface area (TPSA) is 77.8 Å². The van der Waals surface area contributed by atoms with Crippen molar-refractivity contribution in [3.8, 4) is 23.3 Å². The Kier molecular flexibility index (Phi) is 7.53. The molecule has 7 heteroatoms. The van der Waals surface area contributed by atoms with Gasteiger partial charge in [-0.15, -0.1) is 0 Å². The molecule has 0 unspecified atom stereocenters. The predicted molar refractivity (Wildman–Crippen MR) is 101 cm³/mol. The van der Waals surface area contributed by atoms with Gasteiger partial charge in [0.2, 0.25) is 0 Å². The Morgan fingerprint density at radius 2 is 1.78 bits per heavy atom. The van der Waals surface area contributed by atoms with E-state index in [0.717, 1.165) is 0 Å². The standard InChI is InChI=1S/C20H18ClNO5/c1-24-19-12-14(11-15(13-22)20(23)25-2)7-8-18(19)27-10-9-26-17-6-4-3-5-16(17)21/h3-8,11-12H,9-10H2,1-2H3/b15-11+. The fourth-order valence-electron chi connectivity index (χ4n) is 2.17. The molecule has 2 aromatic rings. The van der Waals surface area contributed by atoms with E-state index in [1.165, 1.54) is 20.3 Å². The lowest BCUT2D eigenvalue weighted by molar-refractivity contribution is -0.135. The SMILES string of the molecule is COC(=O)/C(C#N)=C/c1ccc(OCCOc2ccccc2Cl)c(OC)c1. The molecule has 0 saturated heterocycles. The molecule has 0 spiro atoms. The van der Waals surface area contributed by atoms with E-state index in [2.05, 4.69) is 4.74 Å². The Labute approximate surface area is 162 Å². The van der Waals surface area contributed by atoms with E-state index in [9.17, 15) is 4.79 Å². The largest absolute Gasteiger partial charge is 0.493 e. The van der Waals surface area contributed by atoms with Crippen LogP contribution in [0.25, 0.3) is 6.08 Å². The average Bonchev–Trinajstić information content (AvgIpc) is 2.70. The van der Waals surface area contributed by atoms with E-state index in [4.69, 9.17) is 31.1 Å². The minimum absolute atomic E-state index is 0.110. The van der Waals surface area contributed by atoms with Crippen LogP contribution in [0.3, 0.4) is 0 Å². The second kappa shape index (κ2) is 10.1. The molecule has 0 aliphatic carbocycles. The van der Waals surface area contributed by atoms with Gasteiger partial charge >= 0.3 is 5.97 Å². The van der Waals surface area contributed by atoms with Crippen LogP contribution < -0.4 is 14.2 Å². The Morgan fingerprint density at radius 1 is 1.07 bits per heavy atom. The van der Waals surface area contributed by atoms with Crippen LogP contribution in [0.1, 0.15) is 5.56 Å². The maximum Gasteiger partial charge on any atom is 0.348 e. The lowest BCUT2D eigenvalue weighted by Crippen LogP contribution is -2.09. The van der Waals surface area contributed by atoms with Crippen molar-refractivity contribution in [1.29, 1.82) is 5.26 Å². The third kappa shape index (κ3) is 5.66. The van der Waals surface area contributed by atoms with Crippen LogP contribution in [0.15, 0.2) is 48.0 Å². The monoisotopic (exact) mass is 387 g/mol. The lowest BCUT2D eigenvalue weighted by Gasteiger charge is -2.12. The van der Waals surface area contributed by atoms with Gasteiger partial charge in [-0.1, -0.05) is 29.8 Å². The van der Waals surface area contributed by atoms with Gasteiger partial charge in [-0.05, 0) is 35.9 Å². The minimum Gasteiger partial charge on any atom is -0.493 e. The molecule has 0 saturated carbocycles. The van der Waals surface area contributed by atoms with Crippen molar-refractivity contribution in [2.75, 3.05) is 27.4 Å². The number of ether oxygens (including phenoxy) is 4. The molecule has 27 heavy (non-hydrogen) atoms. The van der Waals surface area contributed by atoms with Gasteiger partial charge in [0.25, 0.3) is 0 Å². The molecule has 0 bridgehead atoms. The summed E-state index contributed by atoms with van der Waals surface area (Å²) in [7, 11) is 2.72. The first-order valence-corrected chi connectivity index (χ1v) is 8.35. The summed E-state index contributed by atoms with van der Waals surface area (Å²) in [6.45, 7) is 0.581. The number of nitriles is 1. The van der Waals surface area contributed by atoms with E-state index in [-0.39, 0.29) is 12.2 Å². The summed E-state index contributed by atoms with van der Waals surface area (Å²) in [6, 6.07) is 14.0. The van der Waals surface area contributed by atoms with E-state index in [0.29, 0.717) is 34.4 Å². The summed E-state index contributed by atoms with van der Waals surface area (Å²) in [5.74, 6) is 0.855. The molecule has 0 aliphatic heterocycles. The molecule has 0 heterocycles. The van der Waals surface area contributed by atoms with Crippen LogP contribution in [-0.2, 0) is 9.53 Å². The zero-order valence-corrected chi connectivity index (χ0v) is 15.7. The van der Waals surface area contributed by atoms with Crippen LogP contribution in [0, 0.1) is 11.3 Å². The molecule has 0 fully saturated rings. The van der Waals surface area contributed by atoms with Crippen LogP contribution in [0.4, 0.5) is 0 Å². The smallest absolute Gasteiger partial charge is 0.348 e. The van der Waals surface area contributed by atoms with Crippen molar-refractivity contribution in [3.63, 3.8) is 0 Å². The van der Waals surface area contributed by atoms with Gasteiger partial charge < -0.3 is 18.9 Å². The molecule has 6 nitrogen and oxygen atoms in total. The quantitative estimate of drug-likeness (QED) is 0.296. The summed E-state index contributed by atoms with van der Waals surface area (Å²) < 4.78 is 21.1. The number of nitrogens with zero attached hydrogens (tertiary/aromatic N) is 1. The van der Waals surface area contributed by atoms with Gasteiger partial charge in [-0.2, -0.15) is 5.26 Å². The van der Waals surface area contributed by atoms with E-state index < -0.39 is 5.97 Å². The van der Waals surface area contributed by atoms with E-state index in [1.807, 2.05) is 12.1 Å². The van der Waals surface area contributed by atoms with Gasteiger partial charge in [0, 0.05) is 0 Å². The van der Waals surface area contributed by atoms with Crippen molar-refractivity contribution < 1.29 is 23.7 Å². The Hall–Kier alpha value is -3.17. The van der Waals surface area contributed by atoms with Crippen molar-refractivity contribution in [2.45, 2.75) is 0 Å². The summed E-state index contributed by atoms with van der Waals surface area (Å²) in [5.41, 5.74) is 0.495. The molecular formula is C20H18ClNO5. The number of methoxy groups -OCH3 is 2. The molecule has 2 aromatic carbocycles. The number of para-hydroxylation sites is 1. The molecule has 0 amide bonds. The number of carbonyl (C=O) groups is 1. The van der Waals surface area contributed by atoms with Crippen molar-refractivity contribution in [3.05, 3.63) is 58.6 Å². The highest BCUT2D eigenvalue weighted by Gasteiger charge is 2.11. The van der Waals surface area contributed by atoms with Gasteiger partial charge in [-0.25, -0.2) is 4.79 Å². The number of benzene rings is 2. The van der Waals surface area contributed by atoms with Gasteiger partial charge in [-0.3, -0.25) is 0 Å². The van der Waals surface area contributed by atoms with Gasteiger partial charge in [0.15, 0.2) is 11.5 Å². The summed E-state index contributed by atoms with van der Waals surface area (Å²) in [5, 5.41) is 9.56. The van der Waals surface area contributed by atoms with Crippen molar-refractivity contribution in [1.82, 2.24) is 0 Å². The highest BCUT2D eigenvalue weighted by molar-refractivity contribution is 6.32. The Morgan fingerprint density at radius 3 is 2.41 bits per heavy atom. The number of carbonyl (C=O) groups excluding carboxylic acids is 1. The minimum atomic E-state index is -0.700. The van der Waals surface area contributed by atoms with Gasteiger partial charge in [0.1, 0.15) is 30.6 Å². The average molecular weight is 388 g/mol. The molecule has 0 N–H and O–H groups in total. The number of hydrogen-bond acceptors (Lipinski definition) is 6. The highest BCUT2D eigenvalue weighted by Crippen LogP contribution is 2.29. The van der Waals surface area contributed by atoms with Crippen LogP contribution in [-0.4, -0.2) is 33.4 Å². The molecular weight excluding hydrogens is 370 g/mol. The fraction of sp³-hybridized carbons (Fsp3) is 0.200. The summed E-state index contributed by atoms with van der Waals surface area (Å²) >= 11 is 6.02. The molecule has 0 radical (unpaired) electrons. The lowest BCUT2D eigenvalue weighted by atomic mass is 10.1. The number of halogens is 1. The van der Waals surface area contributed by atoms with Crippen LogP contribution in [0.5, 0.6) is 17.2 Å². The maximum absolute atomic E-state index is 11.5. The van der Waals surface area contributed by atoms with E-state index in [1.54, 1.807) is 36.4 Å². The van der Waals surface area contributed by atoms with Crippen LogP contribution >= 0.6 is 11.6 Å². The number of esters is 1. The number of hydrogen-bond donors (Lipinski definition) is 0. The summed E-state index contributed by atoms with van der Waals surface area (Å²) in [6.07, 6.45) is 1.42. The van der Waals surface area contributed by atoms with Crippen LogP contribution in [0.2, 0.25) is 5.02 Å². The van der Waals surface area contributed by atoms with Crippen molar-refractivity contribution in [2.24, 2.45) is 0 Å². The Bertz CT molecular complexity index is 873. The third-order valence-electron chi connectivity index (χ3n) is 3.46. The predicted octanol–water partition coefficient (Wildman–Crippen LogP) is 3.89. The molecule has 2 rings (SSSR count). The second-order valence-corrected chi connectivity index (χ2v) is 5.61. The first-order valence-electron chi connectivity index (χ1n) is 7.97. The van der Waals surface area contributed by atoms with E-state index >= 15 is 0 Å². The fourth-order valence-corrected chi connectivity index (χ4v) is 2.36. The maximum atomic E-state index is 11.5. The summed E-state index contributed by atoms with van der Waals surface area (Å²) in [4.78, 5) is 11.5.